The quantitative estimate of drug-likeness (QED) is 0.138. The molecule has 4 N–H and O–H groups in total. The third-order valence-corrected chi connectivity index (χ3v) is 5.61. The largest absolute Gasteiger partial charge is 0.508 e. The summed E-state index contributed by atoms with van der Waals surface area (Å²) in [7, 11) is 0. The number of anilines is 1. The molecule has 2 aromatic carbocycles. The number of phenols is 2. The Balaban J connectivity index is 1.95. The first kappa shape index (κ1) is 25.5. The van der Waals surface area contributed by atoms with Crippen LogP contribution in [0.25, 0.3) is 0 Å². The number of nitrogens with zero attached hydrogens (tertiary/aromatic N) is 3. The van der Waals surface area contributed by atoms with Gasteiger partial charge in [0.05, 0.1) is 5.56 Å². The fourth-order valence-corrected chi connectivity index (χ4v) is 3.84. The van der Waals surface area contributed by atoms with E-state index in [0.29, 0.717) is 23.5 Å². The van der Waals surface area contributed by atoms with Gasteiger partial charge in [-0.1, -0.05) is 20.8 Å². The zero-order chi connectivity index (χ0) is 24.5. The van der Waals surface area contributed by atoms with Crippen molar-refractivity contribution in [1.29, 1.82) is 0 Å². The molecule has 0 spiro atoms. The number of nitrogens with one attached hydrogen (secondary N) is 2. The van der Waals surface area contributed by atoms with Crippen molar-refractivity contribution in [3.8, 4) is 17.2 Å². The minimum Gasteiger partial charge on any atom is -0.508 e. The van der Waals surface area contributed by atoms with Crippen LogP contribution in [0.5, 0.6) is 17.2 Å². The molecule has 9 nitrogen and oxygen atoms in total. The van der Waals surface area contributed by atoms with Crippen LogP contribution >= 0.6 is 0 Å². The number of benzene rings is 2. The van der Waals surface area contributed by atoms with E-state index in [2.05, 4.69) is 27.7 Å². The van der Waals surface area contributed by atoms with E-state index in [1.807, 2.05) is 45.0 Å². The highest BCUT2D eigenvalue weighted by Gasteiger charge is 2.23. The van der Waals surface area contributed by atoms with Crippen molar-refractivity contribution in [2.24, 2.45) is 10.2 Å². The first-order valence-electron chi connectivity index (χ1n) is 11.6. The molecule has 184 valence electrons. The molecule has 0 bridgehead atoms. The second-order valence-electron chi connectivity index (χ2n) is 8.41. The third kappa shape index (κ3) is 6.47. The van der Waals surface area contributed by atoms with Gasteiger partial charge in [0.25, 0.3) is 0 Å². The summed E-state index contributed by atoms with van der Waals surface area (Å²) in [6, 6.07) is 10.7. The van der Waals surface area contributed by atoms with Crippen LogP contribution in [-0.4, -0.2) is 55.2 Å². The van der Waals surface area contributed by atoms with Gasteiger partial charge in [-0.05, 0) is 67.7 Å². The molecule has 0 unspecified atom stereocenters. The first-order valence-corrected chi connectivity index (χ1v) is 11.6. The zero-order valence-electron chi connectivity index (χ0n) is 20.1. The molecule has 3 rings (SSSR count). The molecule has 0 saturated carbocycles. The summed E-state index contributed by atoms with van der Waals surface area (Å²) >= 11 is 0. The number of hydroxylamine groups is 1. The van der Waals surface area contributed by atoms with E-state index in [-0.39, 0.29) is 30.3 Å². The Hall–Kier alpha value is -3.14. The van der Waals surface area contributed by atoms with Crippen LogP contribution in [0.4, 0.5) is 5.69 Å². The number of ether oxygens (including phenoxy) is 1. The average Bonchev–Trinajstić information content (AvgIpc) is 2.82. The lowest BCUT2D eigenvalue weighted by molar-refractivity contribution is 0.0506. The number of hydrogen-bond acceptors (Lipinski definition) is 8. The van der Waals surface area contributed by atoms with Gasteiger partial charge < -0.3 is 20.3 Å². The molecule has 0 aromatic heterocycles. The summed E-state index contributed by atoms with van der Waals surface area (Å²) in [5.41, 5.74) is 4.69. The lowest BCUT2D eigenvalue weighted by Gasteiger charge is -2.27. The number of hydrogen-bond donors (Lipinski definition) is 4. The molecule has 34 heavy (non-hydrogen) atoms. The summed E-state index contributed by atoms with van der Waals surface area (Å²) in [5, 5.41) is 32.3. The standard InChI is InChI=1S/C25H35N5O4/c1-5-28-33-16-30(18-6-8-19(9-7-18)34-20-10-12-27-13-11-20)25(29-26-4)22-14-21(17(2)3)23(31)15-24(22)32/h6-9,14-15,17,20,27-28,31-32H,4-5,10-13,16H2,1-3H3/b29-25-. The maximum absolute atomic E-state index is 10.7. The molecule has 0 aliphatic carbocycles. The lowest BCUT2D eigenvalue weighted by Crippen LogP contribution is -2.36. The van der Waals surface area contributed by atoms with Crippen LogP contribution in [0.1, 0.15) is 50.7 Å². The Bertz CT molecular complexity index is 972. The predicted octanol–water partition coefficient (Wildman–Crippen LogP) is 3.72. The Morgan fingerprint density at radius 1 is 1.18 bits per heavy atom. The van der Waals surface area contributed by atoms with Gasteiger partial charge in [-0.25, -0.2) is 5.48 Å². The Kier molecular flexibility index (Phi) is 9.26. The topological polar surface area (TPSA) is 111 Å². The van der Waals surface area contributed by atoms with E-state index in [4.69, 9.17) is 9.57 Å². The van der Waals surface area contributed by atoms with Crippen molar-refractivity contribution in [2.45, 2.75) is 45.6 Å². The van der Waals surface area contributed by atoms with Crippen molar-refractivity contribution in [1.82, 2.24) is 10.8 Å². The normalized spacial score (nSPS) is 14.9. The van der Waals surface area contributed by atoms with Crippen molar-refractivity contribution in [3.63, 3.8) is 0 Å². The summed E-state index contributed by atoms with van der Waals surface area (Å²) in [6.07, 6.45) is 2.15. The number of piperidine rings is 1. The zero-order valence-corrected chi connectivity index (χ0v) is 20.1. The smallest absolute Gasteiger partial charge is 0.168 e. The molecule has 0 atom stereocenters. The van der Waals surface area contributed by atoms with Gasteiger partial charge in [-0.15, -0.1) is 5.10 Å². The van der Waals surface area contributed by atoms with E-state index in [9.17, 15) is 10.2 Å². The highest BCUT2D eigenvalue weighted by Crippen LogP contribution is 2.34. The number of phenolic OH excluding ortho intramolecular Hbond substituents is 2. The predicted molar refractivity (Wildman–Crippen MR) is 135 cm³/mol. The van der Waals surface area contributed by atoms with Crippen molar-refractivity contribution >= 4 is 18.2 Å². The van der Waals surface area contributed by atoms with Crippen LogP contribution in [0.3, 0.4) is 0 Å². The second kappa shape index (κ2) is 12.4. The minimum absolute atomic E-state index is 0.0250. The maximum atomic E-state index is 10.7. The fourth-order valence-electron chi connectivity index (χ4n) is 3.84. The summed E-state index contributed by atoms with van der Waals surface area (Å²) < 4.78 is 6.13. The number of amidine groups is 1. The molecule has 0 amide bonds. The van der Waals surface area contributed by atoms with E-state index >= 15 is 0 Å². The molecule has 1 heterocycles. The molecule has 1 aliphatic heterocycles. The van der Waals surface area contributed by atoms with Gasteiger partial charge in [0.15, 0.2) is 5.84 Å². The van der Waals surface area contributed by atoms with Crippen molar-refractivity contribution in [3.05, 3.63) is 47.5 Å². The molecular weight excluding hydrogens is 434 g/mol. The van der Waals surface area contributed by atoms with E-state index in [1.54, 1.807) is 11.0 Å². The van der Waals surface area contributed by atoms with Crippen LogP contribution in [0, 0.1) is 0 Å². The van der Waals surface area contributed by atoms with E-state index in [1.165, 1.54) is 6.07 Å². The molecule has 0 radical (unpaired) electrons. The Morgan fingerprint density at radius 3 is 2.50 bits per heavy atom. The molecule has 9 heteroatoms. The maximum Gasteiger partial charge on any atom is 0.168 e. The lowest BCUT2D eigenvalue weighted by atomic mass is 9.98. The van der Waals surface area contributed by atoms with Gasteiger partial charge in [-0.2, -0.15) is 5.10 Å². The summed E-state index contributed by atoms with van der Waals surface area (Å²) in [4.78, 5) is 7.37. The Morgan fingerprint density at radius 2 is 1.88 bits per heavy atom. The Labute approximate surface area is 201 Å². The van der Waals surface area contributed by atoms with Crippen molar-refractivity contribution in [2.75, 3.05) is 31.3 Å². The van der Waals surface area contributed by atoms with Crippen LogP contribution in [0.15, 0.2) is 46.6 Å². The summed E-state index contributed by atoms with van der Waals surface area (Å²) in [6.45, 7) is 12.0. The minimum atomic E-state index is -0.122. The molecule has 1 fully saturated rings. The SMILES string of the molecule is C=N/N=C(/c1cc(C(C)C)c(O)cc1O)N(CONCC)c1ccc(OC2CCNCC2)cc1. The molecular formula is C25H35N5O4. The second-order valence-corrected chi connectivity index (χ2v) is 8.41. The fraction of sp³-hybridized carbons (Fsp3) is 0.440. The van der Waals surface area contributed by atoms with Crippen LogP contribution in [-0.2, 0) is 4.84 Å². The molecule has 1 saturated heterocycles. The first-order chi connectivity index (χ1) is 16.4. The van der Waals surface area contributed by atoms with Gasteiger partial charge in [0.2, 0.25) is 0 Å². The van der Waals surface area contributed by atoms with Gasteiger partial charge in [-0.3, -0.25) is 9.74 Å². The highest BCUT2D eigenvalue weighted by molar-refractivity contribution is 6.11. The highest BCUT2D eigenvalue weighted by atomic mass is 16.7. The monoisotopic (exact) mass is 469 g/mol. The van der Waals surface area contributed by atoms with Gasteiger partial charge >= 0.3 is 0 Å². The van der Waals surface area contributed by atoms with Gasteiger partial charge in [0.1, 0.15) is 30.1 Å². The average molecular weight is 470 g/mol. The molecule has 2 aromatic rings. The summed E-state index contributed by atoms with van der Waals surface area (Å²) in [5.74, 6) is 1.06. The van der Waals surface area contributed by atoms with E-state index < -0.39 is 0 Å². The van der Waals surface area contributed by atoms with Crippen LogP contribution in [0.2, 0.25) is 0 Å². The van der Waals surface area contributed by atoms with Crippen LogP contribution < -0.4 is 20.4 Å². The van der Waals surface area contributed by atoms with Gasteiger partial charge in [0, 0.05) is 25.0 Å². The molecule has 1 aliphatic rings. The number of rotatable bonds is 10. The number of aromatic hydroxyl groups is 2. The third-order valence-electron chi connectivity index (χ3n) is 5.61. The van der Waals surface area contributed by atoms with Crippen molar-refractivity contribution < 1.29 is 19.8 Å². The van der Waals surface area contributed by atoms with E-state index in [0.717, 1.165) is 37.4 Å².